The zero-order valence-corrected chi connectivity index (χ0v) is 17.9. The Morgan fingerprint density at radius 2 is 1.97 bits per heavy atom. The second kappa shape index (κ2) is 9.87. The molecule has 4 rings (SSSR count). The van der Waals surface area contributed by atoms with E-state index in [4.69, 9.17) is 15.2 Å². The van der Waals surface area contributed by atoms with Crippen molar-refractivity contribution in [2.75, 3.05) is 31.6 Å². The minimum Gasteiger partial charge on any atom is -0.446 e. The largest absolute Gasteiger partial charge is 0.446 e. The predicted molar refractivity (Wildman–Crippen MR) is 115 cm³/mol. The lowest BCUT2D eigenvalue weighted by atomic mass is 9.94. The standard InChI is InChI=1S/C22H25FN6O4/c23-15-1-3-16(4-2-15)26-21-18(20(25)30)13-29(27-21)19-5-8-28(12-14(19)11-24)22(31)33-17-6-9-32-10-7-17/h1-4,13-14,17,19H,5-10,12H2,(H2,25,30)(H,26,27). The van der Waals surface area contributed by atoms with Gasteiger partial charge in [0.2, 0.25) is 0 Å². The van der Waals surface area contributed by atoms with Crippen LogP contribution in [0.4, 0.5) is 20.7 Å². The average molecular weight is 456 g/mol. The number of nitrogens with one attached hydrogen (secondary N) is 1. The summed E-state index contributed by atoms with van der Waals surface area (Å²) < 4.78 is 25.6. The number of amides is 2. The number of primary amides is 1. The van der Waals surface area contributed by atoms with Crippen molar-refractivity contribution in [3.05, 3.63) is 41.8 Å². The molecule has 0 spiro atoms. The highest BCUT2D eigenvalue weighted by Crippen LogP contribution is 2.31. The number of carbonyl (C=O) groups excluding carboxylic acids is 2. The van der Waals surface area contributed by atoms with Gasteiger partial charge in [-0.3, -0.25) is 9.48 Å². The number of rotatable bonds is 5. The monoisotopic (exact) mass is 456 g/mol. The van der Waals surface area contributed by atoms with E-state index in [9.17, 15) is 19.2 Å². The van der Waals surface area contributed by atoms with Crippen molar-refractivity contribution in [2.45, 2.75) is 31.4 Å². The predicted octanol–water partition coefficient (Wildman–Crippen LogP) is 2.57. The first-order valence-corrected chi connectivity index (χ1v) is 10.8. The number of hydrogen-bond acceptors (Lipinski definition) is 7. The summed E-state index contributed by atoms with van der Waals surface area (Å²) in [6.45, 7) is 1.71. The molecular formula is C22H25FN6O4. The molecule has 0 saturated carbocycles. The lowest BCUT2D eigenvalue weighted by Gasteiger charge is -2.35. The van der Waals surface area contributed by atoms with Gasteiger partial charge in [0.1, 0.15) is 17.5 Å². The average Bonchev–Trinajstić information content (AvgIpc) is 3.24. The molecule has 2 saturated heterocycles. The molecule has 2 fully saturated rings. The summed E-state index contributed by atoms with van der Waals surface area (Å²) >= 11 is 0. The van der Waals surface area contributed by atoms with Gasteiger partial charge >= 0.3 is 6.09 Å². The lowest BCUT2D eigenvalue weighted by molar-refractivity contribution is -0.0147. The topological polar surface area (TPSA) is 136 Å². The molecule has 2 unspecified atom stereocenters. The Kier molecular flexibility index (Phi) is 6.74. The Balaban J connectivity index is 1.47. The van der Waals surface area contributed by atoms with Gasteiger partial charge in [0.25, 0.3) is 5.91 Å². The molecule has 33 heavy (non-hydrogen) atoms. The van der Waals surface area contributed by atoms with E-state index in [1.807, 2.05) is 0 Å². The molecule has 10 nitrogen and oxygen atoms in total. The molecular weight excluding hydrogens is 431 g/mol. The van der Waals surface area contributed by atoms with Crippen molar-refractivity contribution in [1.82, 2.24) is 14.7 Å². The van der Waals surface area contributed by atoms with Gasteiger partial charge in [0.15, 0.2) is 5.82 Å². The second-order valence-electron chi connectivity index (χ2n) is 8.10. The lowest BCUT2D eigenvalue weighted by Crippen LogP contribution is -2.45. The summed E-state index contributed by atoms with van der Waals surface area (Å²) in [5.41, 5.74) is 6.20. The Hall–Kier alpha value is -3.65. The molecule has 2 aliphatic heterocycles. The van der Waals surface area contributed by atoms with E-state index in [-0.39, 0.29) is 35.9 Å². The Bertz CT molecular complexity index is 1040. The zero-order valence-electron chi connectivity index (χ0n) is 17.9. The highest BCUT2D eigenvalue weighted by atomic mass is 19.1. The van der Waals surface area contributed by atoms with Gasteiger partial charge in [-0.25, -0.2) is 9.18 Å². The van der Waals surface area contributed by atoms with Crippen LogP contribution in [-0.2, 0) is 9.47 Å². The van der Waals surface area contributed by atoms with Crippen LogP contribution in [0.5, 0.6) is 0 Å². The van der Waals surface area contributed by atoms with Crippen LogP contribution in [0.2, 0.25) is 0 Å². The van der Waals surface area contributed by atoms with Gasteiger partial charge in [-0.15, -0.1) is 0 Å². The van der Waals surface area contributed by atoms with Crippen LogP contribution in [0.1, 0.15) is 35.7 Å². The van der Waals surface area contributed by atoms with Gasteiger partial charge in [0.05, 0.1) is 31.2 Å². The first-order valence-electron chi connectivity index (χ1n) is 10.8. The fourth-order valence-electron chi connectivity index (χ4n) is 4.06. The molecule has 1 aromatic carbocycles. The molecule has 3 N–H and O–H groups in total. The summed E-state index contributed by atoms with van der Waals surface area (Å²) in [5, 5.41) is 17.2. The smallest absolute Gasteiger partial charge is 0.410 e. The number of carbonyl (C=O) groups is 2. The van der Waals surface area contributed by atoms with Gasteiger partial charge in [-0.05, 0) is 30.7 Å². The summed E-state index contributed by atoms with van der Waals surface area (Å²) in [6, 6.07) is 7.48. The first-order chi connectivity index (χ1) is 15.9. The number of nitrogens with zero attached hydrogens (tertiary/aromatic N) is 4. The normalized spacial score (nSPS) is 21.3. The van der Waals surface area contributed by atoms with E-state index < -0.39 is 17.9 Å². The first kappa shape index (κ1) is 22.5. The number of benzene rings is 1. The van der Waals surface area contributed by atoms with E-state index in [1.54, 1.807) is 4.68 Å². The number of nitrogens with two attached hydrogens (primary N) is 1. The van der Waals surface area contributed by atoms with Gasteiger partial charge < -0.3 is 25.4 Å². The molecule has 0 bridgehead atoms. The minimum absolute atomic E-state index is 0.150. The molecule has 2 atom stereocenters. The van der Waals surface area contributed by atoms with E-state index in [2.05, 4.69) is 16.5 Å². The molecule has 3 heterocycles. The van der Waals surface area contributed by atoms with Crippen LogP contribution in [0, 0.1) is 23.1 Å². The van der Waals surface area contributed by atoms with Gasteiger partial charge in [-0.1, -0.05) is 0 Å². The van der Waals surface area contributed by atoms with Crippen LogP contribution < -0.4 is 11.1 Å². The fourth-order valence-corrected chi connectivity index (χ4v) is 4.06. The number of nitriles is 1. The van der Waals surface area contributed by atoms with Crippen molar-refractivity contribution in [1.29, 1.82) is 5.26 Å². The highest BCUT2D eigenvalue weighted by molar-refractivity contribution is 5.98. The Morgan fingerprint density at radius 3 is 2.64 bits per heavy atom. The number of anilines is 2. The van der Waals surface area contributed by atoms with E-state index in [0.29, 0.717) is 44.7 Å². The number of aromatic nitrogens is 2. The number of likely N-dealkylation sites (tertiary alicyclic amines) is 1. The molecule has 2 aliphatic rings. The van der Waals surface area contributed by atoms with Gasteiger partial charge in [0, 0.05) is 37.8 Å². The van der Waals surface area contributed by atoms with Crippen molar-refractivity contribution in [2.24, 2.45) is 11.7 Å². The van der Waals surface area contributed by atoms with Crippen molar-refractivity contribution in [3.63, 3.8) is 0 Å². The van der Waals surface area contributed by atoms with Crippen LogP contribution >= 0.6 is 0 Å². The van der Waals surface area contributed by atoms with Crippen LogP contribution in [0.15, 0.2) is 30.5 Å². The molecule has 2 aromatic rings. The molecule has 0 aliphatic carbocycles. The highest BCUT2D eigenvalue weighted by Gasteiger charge is 2.35. The van der Waals surface area contributed by atoms with E-state index in [0.717, 1.165) is 0 Å². The van der Waals surface area contributed by atoms with E-state index in [1.165, 1.54) is 35.4 Å². The minimum atomic E-state index is -0.683. The van der Waals surface area contributed by atoms with Crippen molar-refractivity contribution in [3.8, 4) is 6.07 Å². The summed E-state index contributed by atoms with van der Waals surface area (Å²) in [4.78, 5) is 26.1. The maximum atomic E-state index is 13.2. The van der Waals surface area contributed by atoms with Crippen LogP contribution in [0.25, 0.3) is 0 Å². The van der Waals surface area contributed by atoms with Crippen LogP contribution in [0.3, 0.4) is 0 Å². The summed E-state index contributed by atoms with van der Waals surface area (Å²) in [5.74, 6) is -1.41. The number of hydrogen-bond donors (Lipinski definition) is 2. The number of halogens is 1. The second-order valence-corrected chi connectivity index (χ2v) is 8.10. The molecule has 174 valence electrons. The molecule has 11 heteroatoms. The maximum absolute atomic E-state index is 13.2. The van der Waals surface area contributed by atoms with Crippen LogP contribution in [-0.4, -0.2) is 59.1 Å². The fraction of sp³-hybridized carbons (Fsp3) is 0.455. The summed E-state index contributed by atoms with van der Waals surface area (Å²) in [7, 11) is 0. The van der Waals surface area contributed by atoms with Gasteiger partial charge in [-0.2, -0.15) is 10.4 Å². The number of piperidine rings is 1. The Morgan fingerprint density at radius 1 is 1.24 bits per heavy atom. The summed E-state index contributed by atoms with van der Waals surface area (Å²) in [6.07, 6.45) is 2.68. The molecule has 2 amide bonds. The van der Waals surface area contributed by atoms with E-state index >= 15 is 0 Å². The quantitative estimate of drug-likeness (QED) is 0.706. The zero-order chi connectivity index (χ0) is 23.4. The molecule has 0 radical (unpaired) electrons. The SMILES string of the molecule is N#CC1CN(C(=O)OC2CCOCC2)CCC1n1cc(C(N)=O)c(Nc2ccc(F)cc2)n1. The third-order valence-electron chi connectivity index (χ3n) is 5.88. The molecule has 1 aromatic heterocycles. The Labute approximate surface area is 190 Å². The number of ether oxygens (including phenoxy) is 2. The third kappa shape index (κ3) is 5.23. The van der Waals surface area contributed by atoms with Crippen molar-refractivity contribution >= 4 is 23.5 Å². The van der Waals surface area contributed by atoms with Crippen molar-refractivity contribution < 1.29 is 23.5 Å². The maximum Gasteiger partial charge on any atom is 0.410 e. The third-order valence-corrected chi connectivity index (χ3v) is 5.88.